The topological polar surface area (TPSA) is 67.4 Å². The molecule has 0 spiro atoms. The molecule has 1 aromatic carbocycles. The summed E-state index contributed by atoms with van der Waals surface area (Å²) in [7, 11) is 0. The molecule has 5 heteroatoms. The second kappa shape index (κ2) is 8.09. The zero-order valence-electron chi connectivity index (χ0n) is 13.6. The fourth-order valence-corrected chi connectivity index (χ4v) is 3.10. The molecule has 126 valence electrons. The standard InChI is InChI=1S/C19H22N2O3/c22-18-7-6-17(19(23)21-18)15-5-1-3-14(13-15)4-2-12-24-16-8-10-20-11-9-16/h1,3,5,13,16-17,20H,6-12H2,(H,21,22,23). The molecule has 0 aromatic heterocycles. The van der Waals surface area contributed by atoms with Gasteiger partial charge in [-0.25, -0.2) is 0 Å². The maximum Gasteiger partial charge on any atom is 0.234 e. The van der Waals surface area contributed by atoms with Crippen LogP contribution in [0.5, 0.6) is 0 Å². The number of rotatable bonds is 3. The maximum absolute atomic E-state index is 12.0. The summed E-state index contributed by atoms with van der Waals surface area (Å²) in [6, 6.07) is 7.66. The van der Waals surface area contributed by atoms with Gasteiger partial charge in [-0.2, -0.15) is 0 Å². The third kappa shape index (κ3) is 4.44. The van der Waals surface area contributed by atoms with Crippen LogP contribution >= 0.6 is 0 Å². The number of imide groups is 1. The van der Waals surface area contributed by atoms with Gasteiger partial charge in [0.25, 0.3) is 0 Å². The van der Waals surface area contributed by atoms with E-state index in [1.807, 2.05) is 24.3 Å². The summed E-state index contributed by atoms with van der Waals surface area (Å²) < 4.78 is 5.76. The first kappa shape index (κ1) is 16.7. The van der Waals surface area contributed by atoms with E-state index in [1.165, 1.54) is 0 Å². The van der Waals surface area contributed by atoms with Crippen LogP contribution in [0.4, 0.5) is 0 Å². The number of nitrogens with one attached hydrogen (secondary N) is 2. The highest BCUT2D eigenvalue weighted by Gasteiger charge is 2.27. The van der Waals surface area contributed by atoms with E-state index in [4.69, 9.17) is 4.74 Å². The Kier molecular flexibility index (Phi) is 5.63. The lowest BCUT2D eigenvalue weighted by Crippen LogP contribution is -2.39. The lowest BCUT2D eigenvalue weighted by molar-refractivity contribution is -0.134. The van der Waals surface area contributed by atoms with Gasteiger partial charge < -0.3 is 10.1 Å². The molecular formula is C19H22N2O3. The van der Waals surface area contributed by atoms with Crippen LogP contribution in [0.15, 0.2) is 24.3 Å². The molecule has 2 amide bonds. The van der Waals surface area contributed by atoms with Gasteiger partial charge in [0.1, 0.15) is 6.61 Å². The van der Waals surface area contributed by atoms with Crippen molar-refractivity contribution in [3.63, 3.8) is 0 Å². The predicted molar refractivity (Wildman–Crippen MR) is 90.3 cm³/mol. The second-order valence-corrected chi connectivity index (χ2v) is 6.19. The van der Waals surface area contributed by atoms with Crippen LogP contribution in [-0.4, -0.2) is 37.6 Å². The van der Waals surface area contributed by atoms with Gasteiger partial charge in [0.05, 0.1) is 12.0 Å². The molecule has 1 aromatic rings. The minimum atomic E-state index is -0.268. The van der Waals surface area contributed by atoms with E-state index in [-0.39, 0.29) is 17.7 Å². The number of ether oxygens (including phenoxy) is 1. The highest BCUT2D eigenvalue weighted by molar-refractivity contribution is 6.00. The van der Waals surface area contributed by atoms with Crippen LogP contribution in [0.25, 0.3) is 0 Å². The fraction of sp³-hybridized carbons (Fsp3) is 0.474. The van der Waals surface area contributed by atoms with Crippen molar-refractivity contribution in [3.8, 4) is 11.8 Å². The Morgan fingerprint density at radius 1 is 1.17 bits per heavy atom. The summed E-state index contributed by atoms with van der Waals surface area (Å²) in [5, 5.41) is 5.70. The molecule has 2 N–H and O–H groups in total. The first-order valence-electron chi connectivity index (χ1n) is 8.47. The fourth-order valence-electron chi connectivity index (χ4n) is 3.10. The lowest BCUT2D eigenvalue weighted by Gasteiger charge is -2.21. The van der Waals surface area contributed by atoms with E-state index < -0.39 is 0 Å². The Hall–Kier alpha value is -2.16. The van der Waals surface area contributed by atoms with E-state index in [9.17, 15) is 9.59 Å². The molecule has 2 heterocycles. The summed E-state index contributed by atoms with van der Waals surface area (Å²) >= 11 is 0. The van der Waals surface area contributed by atoms with Crippen LogP contribution in [0, 0.1) is 11.8 Å². The van der Waals surface area contributed by atoms with Gasteiger partial charge in [0.15, 0.2) is 0 Å². The van der Waals surface area contributed by atoms with Gasteiger partial charge >= 0.3 is 0 Å². The monoisotopic (exact) mass is 326 g/mol. The predicted octanol–water partition coefficient (Wildman–Crippen LogP) is 1.33. The van der Waals surface area contributed by atoms with Crippen molar-refractivity contribution in [1.82, 2.24) is 10.6 Å². The molecule has 24 heavy (non-hydrogen) atoms. The van der Waals surface area contributed by atoms with Crippen molar-refractivity contribution >= 4 is 11.8 Å². The molecule has 2 aliphatic heterocycles. The summed E-state index contributed by atoms with van der Waals surface area (Å²) in [6.45, 7) is 2.44. The van der Waals surface area contributed by atoms with Crippen molar-refractivity contribution in [1.29, 1.82) is 0 Å². The molecule has 3 rings (SSSR count). The third-order valence-electron chi connectivity index (χ3n) is 4.44. The van der Waals surface area contributed by atoms with E-state index in [2.05, 4.69) is 22.5 Å². The largest absolute Gasteiger partial charge is 0.365 e. The highest BCUT2D eigenvalue weighted by Crippen LogP contribution is 2.25. The Morgan fingerprint density at radius 2 is 2.00 bits per heavy atom. The number of hydrogen-bond acceptors (Lipinski definition) is 4. The van der Waals surface area contributed by atoms with E-state index in [0.717, 1.165) is 37.1 Å². The molecule has 2 aliphatic rings. The Bertz CT molecular complexity index is 669. The van der Waals surface area contributed by atoms with Crippen LogP contribution in [0.3, 0.4) is 0 Å². The minimum Gasteiger partial charge on any atom is -0.365 e. The van der Waals surface area contributed by atoms with Crippen molar-refractivity contribution in [3.05, 3.63) is 35.4 Å². The van der Waals surface area contributed by atoms with Crippen LogP contribution < -0.4 is 10.6 Å². The van der Waals surface area contributed by atoms with Crippen molar-refractivity contribution < 1.29 is 14.3 Å². The highest BCUT2D eigenvalue weighted by atomic mass is 16.5. The molecule has 1 atom stereocenters. The van der Waals surface area contributed by atoms with E-state index >= 15 is 0 Å². The van der Waals surface area contributed by atoms with Gasteiger partial charge in [-0.05, 0) is 50.0 Å². The van der Waals surface area contributed by atoms with Gasteiger partial charge in [0, 0.05) is 12.0 Å². The molecule has 5 nitrogen and oxygen atoms in total. The lowest BCUT2D eigenvalue weighted by atomic mass is 9.90. The first-order valence-corrected chi connectivity index (χ1v) is 8.47. The summed E-state index contributed by atoms with van der Waals surface area (Å²) in [4.78, 5) is 23.2. The van der Waals surface area contributed by atoms with Gasteiger partial charge in [0.2, 0.25) is 11.8 Å². The molecule has 0 aliphatic carbocycles. The average molecular weight is 326 g/mol. The molecule has 0 saturated carbocycles. The molecule has 2 fully saturated rings. The van der Waals surface area contributed by atoms with Gasteiger partial charge in [-0.3, -0.25) is 14.9 Å². The van der Waals surface area contributed by atoms with E-state index in [0.29, 0.717) is 25.6 Å². The average Bonchev–Trinajstić information content (AvgIpc) is 2.60. The van der Waals surface area contributed by atoms with Crippen LogP contribution in [-0.2, 0) is 14.3 Å². The number of hydrogen-bond donors (Lipinski definition) is 2. The Labute approximate surface area is 142 Å². The van der Waals surface area contributed by atoms with Gasteiger partial charge in [-0.15, -0.1) is 0 Å². The number of benzene rings is 1. The van der Waals surface area contributed by atoms with Crippen molar-refractivity contribution in [2.24, 2.45) is 0 Å². The van der Waals surface area contributed by atoms with Gasteiger partial charge in [-0.1, -0.05) is 24.0 Å². The molecule has 2 saturated heterocycles. The normalized spacial score (nSPS) is 21.8. The van der Waals surface area contributed by atoms with Crippen molar-refractivity contribution in [2.45, 2.75) is 37.7 Å². The smallest absolute Gasteiger partial charge is 0.234 e. The maximum atomic E-state index is 12.0. The number of carbonyl (C=O) groups excluding carboxylic acids is 2. The SMILES string of the molecule is O=C1CCC(c2cccc(C#CCOC3CCNCC3)c2)C(=O)N1. The molecule has 0 radical (unpaired) electrons. The summed E-state index contributed by atoms with van der Waals surface area (Å²) in [5.41, 5.74) is 1.78. The number of piperidine rings is 2. The van der Waals surface area contributed by atoms with Crippen LogP contribution in [0.2, 0.25) is 0 Å². The second-order valence-electron chi connectivity index (χ2n) is 6.19. The molecular weight excluding hydrogens is 304 g/mol. The third-order valence-corrected chi connectivity index (χ3v) is 4.44. The molecule has 0 bridgehead atoms. The Balaban J connectivity index is 1.58. The number of amides is 2. The minimum absolute atomic E-state index is 0.192. The quantitative estimate of drug-likeness (QED) is 0.649. The zero-order valence-corrected chi connectivity index (χ0v) is 13.6. The first-order chi connectivity index (χ1) is 11.7. The molecule has 1 unspecified atom stereocenters. The van der Waals surface area contributed by atoms with Crippen molar-refractivity contribution in [2.75, 3.05) is 19.7 Å². The van der Waals surface area contributed by atoms with E-state index in [1.54, 1.807) is 0 Å². The summed E-state index contributed by atoms with van der Waals surface area (Å²) in [5.74, 6) is 5.47. The van der Waals surface area contributed by atoms with Crippen LogP contribution in [0.1, 0.15) is 42.7 Å². The Morgan fingerprint density at radius 3 is 2.79 bits per heavy atom. The number of carbonyl (C=O) groups is 2. The zero-order chi connectivity index (χ0) is 16.8. The summed E-state index contributed by atoms with van der Waals surface area (Å²) in [6.07, 6.45) is 3.31.